The van der Waals surface area contributed by atoms with Crippen LogP contribution in [0.2, 0.25) is 0 Å². The largest absolute Gasteiger partial charge is 0.398 e. The second-order valence-corrected chi connectivity index (χ2v) is 6.12. The van der Waals surface area contributed by atoms with Crippen LogP contribution in [0.25, 0.3) is 0 Å². The Balaban J connectivity index is 2.11. The molecule has 0 aromatic heterocycles. The molecule has 1 heterocycles. The van der Waals surface area contributed by atoms with E-state index >= 15 is 0 Å². The molecule has 0 saturated carbocycles. The number of hydrogen-bond acceptors (Lipinski definition) is 3. The summed E-state index contributed by atoms with van der Waals surface area (Å²) in [6, 6.07) is 5.12. The van der Waals surface area contributed by atoms with Gasteiger partial charge in [0.15, 0.2) is 0 Å². The summed E-state index contributed by atoms with van der Waals surface area (Å²) in [5, 5.41) is 0.624. The molecule has 2 atom stereocenters. The van der Waals surface area contributed by atoms with E-state index in [-0.39, 0.29) is 5.82 Å². The van der Waals surface area contributed by atoms with Crippen molar-refractivity contribution in [2.75, 3.05) is 18.0 Å². The maximum Gasteiger partial charge on any atom is 0.123 e. The molecule has 1 aromatic carbocycles. The van der Waals surface area contributed by atoms with Gasteiger partial charge in [-0.05, 0) is 30.7 Å². The Hall–Kier alpha value is -0.740. The third-order valence-corrected chi connectivity index (χ3v) is 4.83. The minimum absolute atomic E-state index is 0.207. The van der Waals surface area contributed by atoms with Gasteiger partial charge in [-0.2, -0.15) is 11.8 Å². The van der Waals surface area contributed by atoms with Crippen LogP contribution >= 0.6 is 11.8 Å². The molecule has 2 unspecified atom stereocenters. The van der Waals surface area contributed by atoms with Crippen LogP contribution in [0.4, 0.5) is 10.1 Å². The summed E-state index contributed by atoms with van der Waals surface area (Å²) in [6.07, 6.45) is 0. The molecule has 4 heteroatoms. The highest BCUT2D eigenvalue weighted by Gasteiger charge is 2.25. The standard InChI is InChI=1S/C13H19FN2S/c1-9-10(2)17-6-5-16(9)8-11-7-12(14)3-4-13(11)15/h3-4,7,9-10H,5-6,8,15H2,1-2H3. The van der Waals surface area contributed by atoms with Crippen LogP contribution in [0.5, 0.6) is 0 Å². The van der Waals surface area contributed by atoms with Crippen LogP contribution < -0.4 is 5.73 Å². The summed E-state index contributed by atoms with van der Waals surface area (Å²) < 4.78 is 13.2. The molecule has 0 aliphatic carbocycles. The number of nitrogen functional groups attached to an aromatic ring is 1. The predicted octanol–water partition coefficient (Wildman–Crippen LogP) is 2.73. The molecule has 0 bridgehead atoms. The maximum absolute atomic E-state index is 13.2. The van der Waals surface area contributed by atoms with Gasteiger partial charge in [0, 0.05) is 35.8 Å². The van der Waals surface area contributed by atoms with Crippen molar-refractivity contribution in [1.29, 1.82) is 0 Å². The van der Waals surface area contributed by atoms with Gasteiger partial charge in [0.1, 0.15) is 5.82 Å². The molecule has 0 spiro atoms. The fourth-order valence-corrected chi connectivity index (χ4v) is 3.31. The molecule has 2 N–H and O–H groups in total. The lowest BCUT2D eigenvalue weighted by Gasteiger charge is -2.37. The van der Waals surface area contributed by atoms with E-state index in [1.165, 1.54) is 6.07 Å². The van der Waals surface area contributed by atoms with Crippen LogP contribution in [0.1, 0.15) is 19.4 Å². The topological polar surface area (TPSA) is 29.3 Å². The van der Waals surface area contributed by atoms with Crippen molar-refractivity contribution >= 4 is 17.4 Å². The lowest BCUT2D eigenvalue weighted by molar-refractivity contribution is 0.204. The van der Waals surface area contributed by atoms with Crippen molar-refractivity contribution in [2.24, 2.45) is 0 Å². The van der Waals surface area contributed by atoms with Crippen molar-refractivity contribution in [3.05, 3.63) is 29.6 Å². The van der Waals surface area contributed by atoms with Gasteiger partial charge in [0.2, 0.25) is 0 Å². The highest BCUT2D eigenvalue weighted by Crippen LogP contribution is 2.26. The number of halogens is 1. The smallest absolute Gasteiger partial charge is 0.123 e. The summed E-state index contributed by atoms with van der Waals surface area (Å²) in [6.45, 7) is 6.27. The van der Waals surface area contributed by atoms with Gasteiger partial charge in [-0.3, -0.25) is 4.90 Å². The van der Waals surface area contributed by atoms with Crippen LogP contribution in [0, 0.1) is 5.82 Å². The molecule has 2 nitrogen and oxygen atoms in total. The second-order valence-electron chi connectivity index (χ2n) is 4.63. The van der Waals surface area contributed by atoms with E-state index in [1.807, 2.05) is 11.8 Å². The quantitative estimate of drug-likeness (QED) is 0.823. The number of benzene rings is 1. The lowest BCUT2D eigenvalue weighted by atomic mass is 10.1. The number of rotatable bonds is 2. The zero-order valence-electron chi connectivity index (χ0n) is 10.3. The first-order valence-corrected chi connectivity index (χ1v) is 7.02. The van der Waals surface area contributed by atoms with Crippen molar-refractivity contribution in [2.45, 2.75) is 31.7 Å². The lowest BCUT2D eigenvalue weighted by Crippen LogP contribution is -2.44. The van der Waals surface area contributed by atoms with Crippen molar-refractivity contribution < 1.29 is 4.39 Å². The van der Waals surface area contributed by atoms with Gasteiger partial charge in [0.05, 0.1) is 0 Å². The third kappa shape index (κ3) is 2.93. The zero-order chi connectivity index (χ0) is 12.4. The van der Waals surface area contributed by atoms with Crippen LogP contribution in [-0.4, -0.2) is 28.5 Å². The fourth-order valence-electron chi connectivity index (χ4n) is 2.15. The fraction of sp³-hybridized carbons (Fsp3) is 0.538. The van der Waals surface area contributed by atoms with Crippen LogP contribution in [0.3, 0.4) is 0 Å². The van der Waals surface area contributed by atoms with Gasteiger partial charge in [-0.15, -0.1) is 0 Å². The summed E-state index contributed by atoms with van der Waals surface area (Å²) in [7, 11) is 0. The Morgan fingerprint density at radius 1 is 1.47 bits per heavy atom. The molecule has 17 heavy (non-hydrogen) atoms. The van der Waals surface area contributed by atoms with E-state index in [4.69, 9.17) is 5.73 Å². The Morgan fingerprint density at radius 2 is 2.24 bits per heavy atom. The molecular formula is C13H19FN2S. The minimum atomic E-state index is -0.207. The normalized spacial score (nSPS) is 26.1. The van der Waals surface area contributed by atoms with Crippen LogP contribution in [0.15, 0.2) is 18.2 Å². The molecule has 1 fully saturated rings. The van der Waals surface area contributed by atoms with Crippen LogP contribution in [-0.2, 0) is 6.54 Å². The molecule has 1 aromatic rings. The Bertz CT molecular complexity index is 397. The van der Waals surface area contributed by atoms with E-state index in [2.05, 4.69) is 18.7 Å². The Morgan fingerprint density at radius 3 is 3.00 bits per heavy atom. The molecular weight excluding hydrogens is 235 g/mol. The first-order chi connectivity index (χ1) is 8.08. The SMILES string of the molecule is CC1SCCN(Cc2cc(F)ccc2N)C1C. The first kappa shape index (κ1) is 12.7. The van der Waals surface area contributed by atoms with Gasteiger partial charge in [0.25, 0.3) is 0 Å². The van der Waals surface area contributed by atoms with Gasteiger partial charge in [-0.1, -0.05) is 6.92 Å². The molecule has 1 aliphatic heterocycles. The predicted molar refractivity (Wildman–Crippen MR) is 72.6 cm³/mol. The van der Waals surface area contributed by atoms with Crippen molar-refractivity contribution in [3.8, 4) is 0 Å². The highest BCUT2D eigenvalue weighted by atomic mass is 32.2. The summed E-state index contributed by atoms with van der Waals surface area (Å²) in [4.78, 5) is 2.38. The minimum Gasteiger partial charge on any atom is -0.398 e. The number of nitrogens with two attached hydrogens (primary N) is 1. The number of hydrogen-bond donors (Lipinski definition) is 1. The highest BCUT2D eigenvalue weighted by molar-refractivity contribution is 8.00. The van der Waals surface area contributed by atoms with E-state index in [9.17, 15) is 4.39 Å². The Labute approximate surface area is 106 Å². The average molecular weight is 254 g/mol. The third-order valence-electron chi connectivity index (χ3n) is 3.49. The van der Waals surface area contributed by atoms with E-state index in [1.54, 1.807) is 12.1 Å². The van der Waals surface area contributed by atoms with Crippen molar-refractivity contribution in [1.82, 2.24) is 4.90 Å². The summed E-state index contributed by atoms with van der Waals surface area (Å²) >= 11 is 2.00. The summed E-state index contributed by atoms with van der Waals surface area (Å²) in [5.74, 6) is 0.932. The zero-order valence-corrected chi connectivity index (χ0v) is 11.1. The van der Waals surface area contributed by atoms with Gasteiger partial charge < -0.3 is 5.73 Å². The van der Waals surface area contributed by atoms with E-state index in [0.717, 1.165) is 24.4 Å². The number of nitrogens with zero attached hydrogens (tertiary/aromatic N) is 1. The summed E-state index contributed by atoms with van der Waals surface area (Å²) in [5.41, 5.74) is 7.47. The molecule has 1 aliphatic rings. The molecule has 94 valence electrons. The maximum atomic E-state index is 13.2. The van der Waals surface area contributed by atoms with Gasteiger partial charge >= 0.3 is 0 Å². The first-order valence-electron chi connectivity index (χ1n) is 5.97. The number of anilines is 1. The molecule has 1 saturated heterocycles. The molecule has 2 rings (SSSR count). The average Bonchev–Trinajstić information content (AvgIpc) is 2.30. The van der Waals surface area contributed by atoms with Gasteiger partial charge in [-0.25, -0.2) is 4.39 Å². The van der Waals surface area contributed by atoms with E-state index < -0.39 is 0 Å². The van der Waals surface area contributed by atoms with Crippen molar-refractivity contribution in [3.63, 3.8) is 0 Å². The Kier molecular flexibility index (Phi) is 3.94. The number of thioether (sulfide) groups is 1. The van der Waals surface area contributed by atoms with E-state index in [0.29, 0.717) is 17.0 Å². The molecule has 0 radical (unpaired) electrons. The molecule has 0 amide bonds. The monoisotopic (exact) mass is 254 g/mol. The second kappa shape index (κ2) is 5.27.